The SMILES string of the molecule is O=C1CN(c2nc(Cl)c(CO)s2)CCCN1. The second-order valence-electron chi connectivity index (χ2n) is 3.49. The van der Waals surface area contributed by atoms with Crippen LogP contribution in [-0.4, -0.2) is 35.6 Å². The highest BCUT2D eigenvalue weighted by Crippen LogP contribution is 2.29. The summed E-state index contributed by atoms with van der Waals surface area (Å²) >= 11 is 7.18. The largest absolute Gasteiger partial charge is 0.391 e. The van der Waals surface area contributed by atoms with Crippen LogP contribution in [0.2, 0.25) is 5.15 Å². The maximum absolute atomic E-state index is 11.4. The molecule has 88 valence electrons. The number of aliphatic hydroxyl groups is 1. The second kappa shape index (κ2) is 4.99. The van der Waals surface area contributed by atoms with Crippen LogP contribution in [0.3, 0.4) is 0 Å². The van der Waals surface area contributed by atoms with Crippen molar-refractivity contribution in [2.45, 2.75) is 13.0 Å². The first kappa shape index (κ1) is 11.6. The molecule has 2 heterocycles. The molecule has 2 N–H and O–H groups in total. The van der Waals surface area contributed by atoms with Gasteiger partial charge in [-0.15, -0.1) is 0 Å². The smallest absolute Gasteiger partial charge is 0.239 e. The topological polar surface area (TPSA) is 65.5 Å². The van der Waals surface area contributed by atoms with Crippen LogP contribution in [0, 0.1) is 0 Å². The van der Waals surface area contributed by atoms with Crippen molar-refractivity contribution in [1.29, 1.82) is 0 Å². The zero-order valence-electron chi connectivity index (χ0n) is 8.57. The molecule has 1 aromatic rings. The highest BCUT2D eigenvalue weighted by atomic mass is 35.5. The lowest BCUT2D eigenvalue weighted by Gasteiger charge is -2.16. The third kappa shape index (κ3) is 2.45. The maximum atomic E-state index is 11.4. The van der Waals surface area contributed by atoms with Crippen LogP contribution in [0.1, 0.15) is 11.3 Å². The zero-order chi connectivity index (χ0) is 11.5. The van der Waals surface area contributed by atoms with Gasteiger partial charge in [0, 0.05) is 13.1 Å². The van der Waals surface area contributed by atoms with Gasteiger partial charge in [0.2, 0.25) is 5.91 Å². The molecule has 5 nitrogen and oxygen atoms in total. The van der Waals surface area contributed by atoms with Crippen LogP contribution >= 0.6 is 22.9 Å². The number of thiazole rings is 1. The van der Waals surface area contributed by atoms with Gasteiger partial charge in [0.1, 0.15) is 5.15 Å². The van der Waals surface area contributed by atoms with Gasteiger partial charge in [0.05, 0.1) is 18.0 Å². The summed E-state index contributed by atoms with van der Waals surface area (Å²) in [6, 6.07) is 0. The normalized spacial score (nSPS) is 17.1. The maximum Gasteiger partial charge on any atom is 0.239 e. The summed E-state index contributed by atoms with van der Waals surface area (Å²) in [4.78, 5) is 18.0. The summed E-state index contributed by atoms with van der Waals surface area (Å²) in [7, 11) is 0. The Morgan fingerprint density at radius 1 is 1.62 bits per heavy atom. The van der Waals surface area contributed by atoms with E-state index in [4.69, 9.17) is 16.7 Å². The van der Waals surface area contributed by atoms with Crippen molar-refractivity contribution in [3.05, 3.63) is 10.0 Å². The van der Waals surface area contributed by atoms with Crippen LogP contribution in [-0.2, 0) is 11.4 Å². The number of halogens is 1. The van der Waals surface area contributed by atoms with Gasteiger partial charge in [-0.2, -0.15) is 0 Å². The van der Waals surface area contributed by atoms with Gasteiger partial charge in [0.25, 0.3) is 0 Å². The fourth-order valence-electron chi connectivity index (χ4n) is 1.52. The van der Waals surface area contributed by atoms with Gasteiger partial charge in [0.15, 0.2) is 5.13 Å². The van der Waals surface area contributed by atoms with Crippen LogP contribution in [0.25, 0.3) is 0 Å². The minimum Gasteiger partial charge on any atom is -0.391 e. The molecule has 1 aromatic heterocycles. The predicted octanol–water partition coefficient (Wildman–Crippen LogP) is 0.615. The van der Waals surface area contributed by atoms with E-state index in [1.165, 1.54) is 11.3 Å². The standard InChI is InChI=1S/C9H12ClN3O2S/c10-8-6(5-14)16-9(12-8)13-3-1-2-11-7(15)4-13/h14H,1-5H2,(H,11,15). The minimum atomic E-state index is -0.115. The highest BCUT2D eigenvalue weighted by Gasteiger charge is 2.19. The third-order valence-electron chi connectivity index (χ3n) is 2.31. The number of aliphatic hydroxyl groups excluding tert-OH is 1. The molecular weight excluding hydrogens is 250 g/mol. The van der Waals surface area contributed by atoms with E-state index in [-0.39, 0.29) is 12.5 Å². The van der Waals surface area contributed by atoms with Gasteiger partial charge in [-0.25, -0.2) is 4.98 Å². The highest BCUT2D eigenvalue weighted by molar-refractivity contribution is 7.16. The van der Waals surface area contributed by atoms with Crippen molar-refractivity contribution in [3.63, 3.8) is 0 Å². The molecule has 0 aromatic carbocycles. The van der Waals surface area contributed by atoms with E-state index < -0.39 is 0 Å². The predicted molar refractivity (Wildman–Crippen MR) is 62.9 cm³/mol. The summed E-state index contributed by atoms with van der Waals surface area (Å²) < 4.78 is 0. The average molecular weight is 262 g/mol. The van der Waals surface area contributed by atoms with Gasteiger partial charge in [-0.05, 0) is 6.42 Å². The Morgan fingerprint density at radius 3 is 3.12 bits per heavy atom. The minimum absolute atomic E-state index is 0.00521. The molecule has 0 aliphatic carbocycles. The Hall–Kier alpha value is -0.850. The lowest BCUT2D eigenvalue weighted by molar-refractivity contribution is -0.119. The molecule has 1 aliphatic heterocycles. The molecule has 0 bridgehead atoms. The summed E-state index contributed by atoms with van der Waals surface area (Å²) in [5, 5.41) is 12.8. The number of rotatable bonds is 2. The molecule has 7 heteroatoms. The molecule has 1 aliphatic rings. The third-order valence-corrected chi connectivity index (χ3v) is 3.84. The monoisotopic (exact) mass is 261 g/mol. The number of aromatic nitrogens is 1. The number of amides is 1. The molecule has 0 saturated carbocycles. The van der Waals surface area contributed by atoms with Crippen molar-refractivity contribution in [2.24, 2.45) is 0 Å². The summed E-state index contributed by atoms with van der Waals surface area (Å²) in [5.41, 5.74) is 0. The number of anilines is 1. The molecule has 2 rings (SSSR count). The van der Waals surface area contributed by atoms with Crippen molar-refractivity contribution in [1.82, 2.24) is 10.3 Å². The Morgan fingerprint density at radius 2 is 2.44 bits per heavy atom. The summed E-state index contributed by atoms with van der Waals surface area (Å²) in [6.07, 6.45) is 0.886. The van der Waals surface area contributed by atoms with E-state index in [9.17, 15) is 4.79 Å². The molecular formula is C9H12ClN3O2S. The number of hydrogen-bond acceptors (Lipinski definition) is 5. The fraction of sp³-hybridized carbons (Fsp3) is 0.556. The fourth-order valence-corrected chi connectivity index (χ4v) is 2.67. The summed E-state index contributed by atoms with van der Waals surface area (Å²) in [5.74, 6) is -0.00521. The molecule has 0 spiro atoms. The van der Waals surface area contributed by atoms with Crippen LogP contribution in [0.5, 0.6) is 0 Å². The lowest BCUT2D eigenvalue weighted by Crippen LogP contribution is -2.32. The number of nitrogens with zero attached hydrogens (tertiary/aromatic N) is 2. The number of nitrogens with one attached hydrogen (secondary N) is 1. The van der Waals surface area contributed by atoms with E-state index in [0.717, 1.165) is 13.0 Å². The lowest BCUT2D eigenvalue weighted by atomic mass is 10.4. The first-order chi connectivity index (χ1) is 7.70. The van der Waals surface area contributed by atoms with Crippen LogP contribution in [0.4, 0.5) is 5.13 Å². The number of carbonyl (C=O) groups is 1. The van der Waals surface area contributed by atoms with Gasteiger partial charge in [-0.3, -0.25) is 4.79 Å². The molecule has 1 saturated heterocycles. The van der Waals surface area contributed by atoms with Gasteiger partial charge < -0.3 is 15.3 Å². The first-order valence-electron chi connectivity index (χ1n) is 4.98. The number of carbonyl (C=O) groups excluding carboxylic acids is 1. The Bertz CT molecular complexity index is 396. The van der Waals surface area contributed by atoms with E-state index >= 15 is 0 Å². The Kier molecular flexibility index (Phi) is 3.63. The van der Waals surface area contributed by atoms with E-state index in [1.54, 1.807) is 0 Å². The Balaban J connectivity index is 2.18. The first-order valence-corrected chi connectivity index (χ1v) is 6.18. The molecule has 1 amide bonds. The van der Waals surface area contributed by atoms with Gasteiger partial charge >= 0.3 is 0 Å². The zero-order valence-corrected chi connectivity index (χ0v) is 10.1. The van der Waals surface area contributed by atoms with E-state index in [2.05, 4.69) is 10.3 Å². The van der Waals surface area contributed by atoms with Gasteiger partial charge in [-0.1, -0.05) is 22.9 Å². The average Bonchev–Trinajstić information content (AvgIpc) is 2.49. The molecule has 0 radical (unpaired) electrons. The van der Waals surface area contributed by atoms with E-state index in [0.29, 0.717) is 28.3 Å². The Labute approximate surface area is 102 Å². The quantitative estimate of drug-likeness (QED) is 0.819. The van der Waals surface area contributed by atoms with Crippen molar-refractivity contribution < 1.29 is 9.90 Å². The van der Waals surface area contributed by atoms with Crippen LogP contribution in [0.15, 0.2) is 0 Å². The molecule has 0 atom stereocenters. The molecule has 0 unspecified atom stereocenters. The number of hydrogen-bond donors (Lipinski definition) is 2. The van der Waals surface area contributed by atoms with Crippen molar-refractivity contribution in [3.8, 4) is 0 Å². The van der Waals surface area contributed by atoms with E-state index in [1.807, 2.05) is 4.90 Å². The summed E-state index contributed by atoms with van der Waals surface area (Å²) in [6.45, 7) is 1.65. The van der Waals surface area contributed by atoms with Crippen molar-refractivity contribution >= 4 is 34.0 Å². The molecule has 16 heavy (non-hydrogen) atoms. The van der Waals surface area contributed by atoms with Crippen molar-refractivity contribution in [2.75, 3.05) is 24.5 Å². The second-order valence-corrected chi connectivity index (χ2v) is 4.91. The van der Waals surface area contributed by atoms with Crippen LogP contribution < -0.4 is 10.2 Å². The molecule has 1 fully saturated rings.